The Labute approximate surface area is 136 Å². The molecule has 1 heteroatoms. The summed E-state index contributed by atoms with van der Waals surface area (Å²) in [4.78, 5) is 2.40. The summed E-state index contributed by atoms with van der Waals surface area (Å²) in [5.41, 5.74) is 7.43. The maximum Gasteiger partial charge on any atom is 0.0369 e. The molecule has 0 unspecified atom stereocenters. The van der Waals surface area contributed by atoms with Crippen LogP contribution in [0.25, 0.3) is 6.08 Å². The summed E-state index contributed by atoms with van der Waals surface area (Å²) >= 11 is 0. The van der Waals surface area contributed by atoms with Crippen LogP contribution >= 0.6 is 0 Å². The van der Waals surface area contributed by atoms with E-state index in [1.807, 2.05) is 0 Å². The largest absolute Gasteiger partial charge is 0.372 e. The smallest absolute Gasteiger partial charge is 0.0369 e. The minimum Gasteiger partial charge on any atom is -0.372 e. The molecule has 0 bridgehead atoms. The van der Waals surface area contributed by atoms with Crippen LogP contribution in [0.15, 0.2) is 35.4 Å². The third-order valence-electron chi connectivity index (χ3n) is 4.97. The lowest BCUT2D eigenvalue weighted by Crippen LogP contribution is -2.21. The van der Waals surface area contributed by atoms with E-state index in [4.69, 9.17) is 0 Å². The van der Waals surface area contributed by atoms with E-state index in [2.05, 4.69) is 76.8 Å². The molecule has 0 N–H and O–H groups in total. The van der Waals surface area contributed by atoms with Gasteiger partial charge in [-0.1, -0.05) is 43.2 Å². The third kappa shape index (κ3) is 3.63. The number of rotatable bonds is 4. The highest BCUT2D eigenvalue weighted by Gasteiger charge is 2.26. The van der Waals surface area contributed by atoms with Crippen LogP contribution in [0.3, 0.4) is 0 Å². The van der Waals surface area contributed by atoms with Crippen molar-refractivity contribution in [2.24, 2.45) is 5.41 Å². The van der Waals surface area contributed by atoms with Crippen LogP contribution < -0.4 is 4.90 Å². The third-order valence-corrected chi connectivity index (χ3v) is 4.97. The topological polar surface area (TPSA) is 3.24 Å². The van der Waals surface area contributed by atoms with Crippen molar-refractivity contribution < 1.29 is 0 Å². The van der Waals surface area contributed by atoms with Gasteiger partial charge < -0.3 is 4.90 Å². The number of hydrogen-bond acceptors (Lipinski definition) is 1. The van der Waals surface area contributed by atoms with E-state index in [0.29, 0.717) is 0 Å². The van der Waals surface area contributed by atoms with Gasteiger partial charge in [0.1, 0.15) is 0 Å². The van der Waals surface area contributed by atoms with Gasteiger partial charge >= 0.3 is 0 Å². The van der Waals surface area contributed by atoms with Crippen LogP contribution in [0.2, 0.25) is 0 Å². The van der Waals surface area contributed by atoms with Crippen molar-refractivity contribution in [3.63, 3.8) is 0 Å². The fraction of sp³-hybridized carbons (Fsp3) is 0.524. The minimum absolute atomic E-state index is 0.281. The van der Waals surface area contributed by atoms with Crippen LogP contribution in [0.4, 0.5) is 5.69 Å². The Hall–Kier alpha value is -1.50. The maximum atomic E-state index is 2.42. The van der Waals surface area contributed by atoms with Gasteiger partial charge in [0.2, 0.25) is 0 Å². The molecule has 0 aromatic heterocycles. The average molecular weight is 297 g/mol. The standard InChI is InChI=1S/C21H31N/c1-7-22(8-2)20-12-10-18(17(4)13-20)14-19-11-9-16(3)15-21(19,5)6/h9-10,12-14H,7-8,11,15H2,1-6H3/b19-14+. The molecule has 22 heavy (non-hydrogen) atoms. The highest BCUT2D eigenvalue weighted by Crippen LogP contribution is 2.41. The lowest BCUT2D eigenvalue weighted by atomic mass is 9.73. The molecule has 0 atom stereocenters. The van der Waals surface area contributed by atoms with E-state index in [1.54, 1.807) is 5.57 Å². The normalized spacial score (nSPS) is 19.2. The molecule has 0 radical (unpaired) electrons. The predicted octanol–water partition coefficient (Wildman–Crippen LogP) is 5.99. The molecule has 120 valence electrons. The molecule has 2 rings (SSSR count). The second-order valence-electron chi connectivity index (χ2n) is 7.20. The predicted molar refractivity (Wildman–Crippen MR) is 99.5 cm³/mol. The molecule has 0 amide bonds. The minimum atomic E-state index is 0.281. The molecule has 0 heterocycles. The molecule has 1 nitrogen and oxygen atoms in total. The zero-order valence-electron chi connectivity index (χ0n) is 15.2. The Balaban J connectivity index is 2.32. The molecule has 1 aliphatic rings. The van der Waals surface area contributed by atoms with Gasteiger partial charge in [-0.3, -0.25) is 0 Å². The molecular weight excluding hydrogens is 266 g/mol. The van der Waals surface area contributed by atoms with Crippen LogP contribution in [-0.4, -0.2) is 13.1 Å². The molecule has 1 aromatic rings. The van der Waals surface area contributed by atoms with Crippen LogP contribution in [0, 0.1) is 12.3 Å². The van der Waals surface area contributed by atoms with Gasteiger partial charge in [0.25, 0.3) is 0 Å². The summed E-state index contributed by atoms with van der Waals surface area (Å²) in [6.07, 6.45) is 7.08. The van der Waals surface area contributed by atoms with Crippen molar-refractivity contribution in [3.8, 4) is 0 Å². The first kappa shape index (κ1) is 16.9. The quantitative estimate of drug-likeness (QED) is 0.617. The summed E-state index contributed by atoms with van der Waals surface area (Å²) in [5, 5.41) is 0. The van der Waals surface area contributed by atoms with E-state index in [9.17, 15) is 0 Å². The van der Waals surface area contributed by atoms with Crippen LogP contribution in [0.1, 0.15) is 58.6 Å². The van der Waals surface area contributed by atoms with Crippen molar-refractivity contribution in [1.29, 1.82) is 0 Å². The van der Waals surface area contributed by atoms with E-state index in [1.165, 1.54) is 28.8 Å². The second kappa shape index (κ2) is 6.73. The number of allylic oxidation sites excluding steroid dienone is 3. The van der Waals surface area contributed by atoms with Crippen molar-refractivity contribution in [2.45, 2.75) is 54.4 Å². The number of hydrogen-bond donors (Lipinski definition) is 0. The second-order valence-corrected chi connectivity index (χ2v) is 7.20. The Morgan fingerprint density at radius 1 is 1.14 bits per heavy atom. The zero-order valence-corrected chi connectivity index (χ0v) is 15.2. The summed E-state index contributed by atoms with van der Waals surface area (Å²) < 4.78 is 0. The van der Waals surface area contributed by atoms with Gasteiger partial charge in [0.15, 0.2) is 0 Å². The van der Waals surface area contributed by atoms with E-state index < -0.39 is 0 Å². The summed E-state index contributed by atoms with van der Waals surface area (Å²) in [5.74, 6) is 0. The lowest BCUT2D eigenvalue weighted by molar-refractivity contribution is 0.424. The molecule has 0 aliphatic heterocycles. The molecule has 1 aliphatic carbocycles. The monoisotopic (exact) mass is 297 g/mol. The highest BCUT2D eigenvalue weighted by atomic mass is 15.1. The van der Waals surface area contributed by atoms with E-state index in [0.717, 1.165) is 19.5 Å². The first-order valence-electron chi connectivity index (χ1n) is 8.59. The SMILES string of the molecule is CCN(CC)c1ccc(/C=C2\CC=C(C)CC2(C)C)c(C)c1. The zero-order chi connectivity index (χ0) is 16.3. The Morgan fingerprint density at radius 2 is 1.82 bits per heavy atom. The Morgan fingerprint density at radius 3 is 2.36 bits per heavy atom. The fourth-order valence-electron chi connectivity index (χ4n) is 3.49. The maximum absolute atomic E-state index is 2.42. The molecule has 0 fully saturated rings. The summed E-state index contributed by atoms with van der Waals surface area (Å²) in [6.45, 7) is 15.8. The van der Waals surface area contributed by atoms with Gasteiger partial charge in [0, 0.05) is 18.8 Å². The molecule has 0 saturated carbocycles. The van der Waals surface area contributed by atoms with Crippen molar-refractivity contribution in [3.05, 3.63) is 46.5 Å². The van der Waals surface area contributed by atoms with Gasteiger partial charge in [-0.05, 0) is 69.2 Å². The summed E-state index contributed by atoms with van der Waals surface area (Å²) in [6, 6.07) is 6.89. The summed E-state index contributed by atoms with van der Waals surface area (Å²) in [7, 11) is 0. The van der Waals surface area contributed by atoms with E-state index in [-0.39, 0.29) is 5.41 Å². The van der Waals surface area contributed by atoms with Gasteiger partial charge in [-0.15, -0.1) is 0 Å². The van der Waals surface area contributed by atoms with Gasteiger partial charge in [-0.25, -0.2) is 0 Å². The fourth-order valence-corrected chi connectivity index (χ4v) is 3.49. The highest BCUT2D eigenvalue weighted by molar-refractivity contribution is 5.63. The van der Waals surface area contributed by atoms with Crippen molar-refractivity contribution >= 4 is 11.8 Å². The van der Waals surface area contributed by atoms with Crippen LogP contribution in [0.5, 0.6) is 0 Å². The lowest BCUT2D eigenvalue weighted by Gasteiger charge is -2.32. The van der Waals surface area contributed by atoms with Gasteiger partial charge in [-0.2, -0.15) is 0 Å². The first-order valence-corrected chi connectivity index (χ1v) is 8.59. The number of benzene rings is 1. The molecule has 0 saturated heterocycles. The van der Waals surface area contributed by atoms with E-state index >= 15 is 0 Å². The van der Waals surface area contributed by atoms with Gasteiger partial charge in [0.05, 0.1) is 0 Å². The molecule has 0 spiro atoms. The van der Waals surface area contributed by atoms with Crippen molar-refractivity contribution in [2.75, 3.05) is 18.0 Å². The number of aryl methyl sites for hydroxylation is 1. The molecule has 1 aromatic carbocycles. The number of anilines is 1. The Bertz CT molecular complexity index is 586. The first-order chi connectivity index (χ1) is 10.4. The molecular formula is C21H31N. The Kier molecular flexibility index (Phi) is 5.16. The average Bonchev–Trinajstić information content (AvgIpc) is 2.45. The number of nitrogens with zero attached hydrogens (tertiary/aromatic N) is 1. The van der Waals surface area contributed by atoms with Crippen LogP contribution in [-0.2, 0) is 0 Å². The van der Waals surface area contributed by atoms with Crippen molar-refractivity contribution in [1.82, 2.24) is 0 Å².